The number of benzene rings is 1. The van der Waals surface area contributed by atoms with Crippen LogP contribution < -0.4 is 11.0 Å². The lowest BCUT2D eigenvalue weighted by atomic mass is 10.2. The average Bonchev–Trinajstić information content (AvgIpc) is 3.47. The Morgan fingerprint density at radius 3 is 2.61 bits per heavy atom. The number of carbonyl (C=O) groups excluding carboxylic acids is 1. The Kier molecular flexibility index (Phi) is 5.80. The summed E-state index contributed by atoms with van der Waals surface area (Å²) in [6.45, 7) is 1.24. The third-order valence-electron chi connectivity index (χ3n) is 4.29. The number of carbonyl (C=O) groups is 1. The molecule has 4 aromatic rings. The quantitative estimate of drug-likeness (QED) is 0.418. The predicted molar refractivity (Wildman–Crippen MR) is 104 cm³/mol. The highest BCUT2D eigenvalue weighted by Gasteiger charge is 2.38. The van der Waals surface area contributed by atoms with Crippen molar-refractivity contribution in [3.8, 4) is 5.13 Å². The second kappa shape index (κ2) is 8.57. The van der Waals surface area contributed by atoms with Gasteiger partial charge in [-0.2, -0.15) is 23.3 Å². The van der Waals surface area contributed by atoms with Gasteiger partial charge < -0.3 is 9.84 Å². The molecule has 0 saturated carbocycles. The number of halogens is 4. The third kappa shape index (κ3) is 4.82. The fourth-order valence-corrected chi connectivity index (χ4v) is 3.66. The molecule has 0 unspecified atom stereocenters. The van der Waals surface area contributed by atoms with Crippen molar-refractivity contribution in [3.05, 3.63) is 74.7 Å². The molecule has 172 valence electrons. The van der Waals surface area contributed by atoms with Crippen LogP contribution in [0.15, 0.2) is 39.9 Å². The van der Waals surface area contributed by atoms with Crippen LogP contribution in [0.1, 0.15) is 32.6 Å². The molecule has 0 aliphatic heterocycles. The van der Waals surface area contributed by atoms with Crippen LogP contribution in [0.25, 0.3) is 5.13 Å². The van der Waals surface area contributed by atoms with Gasteiger partial charge in [0.25, 0.3) is 5.91 Å². The van der Waals surface area contributed by atoms with E-state index >= 15 is 0 Å². The molecule has 0 bridgehead atoms. The maximum atomic E-state index is 13.1. The first kappa shape index (κ1) is 22.3. The first-order chi connectivity index (χ1) is 15.6. The molecule has 0 aliphatic rings. The van der Waals surface area contributed by atoms with Gasteiger partial charge >= 0.3 is 17.8 Å². The van der Waals surface area contributed by atoms with Crippen molar-refractivity contribution in [2.75, 3.05) is 0 Å². The number of nitrogens with one attached hydrogen (secondary N) is 1. The normalized spacial score (nSPS) is 11.7. The van der Waals surface area contributed by atoms with Crippen LogP contribution in [0, 0.1) is 12.7 Å². The molecule has 15 heteroatoms. The van der Waals surface area contributed by atoms with Crippen LogP contribution in [-0.4, -0.2) is 35.4 Å². The van der Waals surface area contributed by atoms with Crippen molar-refractivity contribution >= 4 is 17.2 Å². The first-order valence-corrected chi connectivity index (χ1v) is 9.98. The summed E-state index contributed by atoms with van der Waals surface area (Å²) in [5.74, 6) is -2.90. The number of nitrogens with zero attached hydrogens (tertiary/aromatic N) is 6. The van der Waals surface area contributed by atoms with Crippen molar-refractivity contribution in [3.63, 3.8) is 0 Å². The molecule has 0 aliphatic carbocycles. The predicted octanol–water partition coefficient (Wildman–Crippen LogP) is 2.32. The molecule has 0 fully saturated rings. The van der Waals surface area contributed by atoms with Crippen LogP contribution in [0.2, 0.25) is 0 Å². The summed E-state index contributed by atoms with van der Waals surface area (Å²) in [6, 6.07) is 5.59. The zero-order valence-corrected chi connectivity index (χ0v) is 17.4. The van der Waals surface area contributed by atoms with Crippen molar-refractivity contribution in [1.29, 1.82) is 0 Å². The van der Waals surface area contributed by atoms with E-state index < -0.39 is 36.0 Å². The fraction of sp³-hybridized carbons (Fsp3) is 0.222. The standard InChI is InChI=1S/C18H13F4N7O3S/c1-9-13(14(30)23-6-12-26-15(32-27-12)18(20,21)22)33-16(25-9)28-8-24-29(17(28)31)7-10-2-4-11(19)5-3-10/h2-5,8H,6-7H2,1H3,(H,23,30). The maximum absolute atomic E-state index is 13.1. The van der Waals surface area contributed by atoms with E-state index in [-0.39, 0.29) is 22.4 Å². The van der Waals surface area contributed by atoms with Crippen LogP contribution >= 0.6 is 11.3 Å². The van der Waals surface area contributed by atoms with E-state index in [2.05, 4.69) is 30.1 Å². The van der Waals surface area contributed by atoms with Gasteiger partial charge in [0.05, 0.1) is 18.8 Å². The Labute approximate surface area is 185 Å². The van der Waals surface area contributed by atoms with Gasteiger partial charge in [-0.1, -0.05) is 28.6 Å². The van der Waals surface area contributed by atoms with E-state index in [1.54, 1.807) is 6.92 Å². The van der Waals surface area contributed by atoms with Gasteiger partial charge in [-0.15, -0.1) is 0 Å². The summed E-state index contributed by atoms with van der Waals surface area (Å²) in [6.07, 6.45) is -3.55. The number of thiazole rings is 1. The smallest absolute Gasteiger partial charge is 0.344 e. The minimum absolute atomic E-state index is 0.106. The summed E-state index contributed by atoms with van der Waals surface area (Å²) >= 11 is 0.894. The molecule has 4 rings (SSSR count). The number of hydrogen-bond acceptors (Lipinski definition) is 8. The van der Waals surface area contributed by atoms with Crippen LogP contribution in [0.5, 0.6) is 0 Å². The van der Waals surface area contributed by atoms with Gasteiger partial charge in [-0.05, 0) is 24.6 Å². The summed E-state index contributed by atoms with van der Waals surface area (Å²) in [5, 5.41) is 9.74. The number of alkyl halides is 3. The van der Waals surface area contributed by atoms with Crippen LogP contribution in [-0.2, 0) is 19.3 Å². The molecule has 1 amide bonds. The molecule has 1 aromatic carbocycles. The third-order valence-corrected chi connectivity index (χ3v) is 5.45. The highest BCUT2D eigenvalue weighted by atomic mass is 32.1. The molecule has 10 nitrogen and oxygen atoms in total. The topological polar surface area (TPSA) is 121 Å². The molecule has 0 atom stereocenters. The van der Waals surface area contributed by atoms with E-state index in [0.717, 1.165) is 20.6 Å². The van der Waals surface area contributed by atoms with E-state index in [1.807, 2.05) is 0 Å². The zero-order valence-electron chi connectivity index (χ0n) is 16.6. The first-order valence-electron chi connectivity index (χ1n) is 9.16. The van der Waals surface area contributed by atoms with E-state index in [0.29, 0.717) is 11.3 Å². The Morgan fingerprint density at radius 2 is 1.94 bits per heavy atom. The number of rotatable bonds is 6. The van der Waals surface area contributed by atoms with Crippen LogP contribution in [0.4, 0.5) is 17.6 Å². The van der Waals surface area contributed by atoms with Gasteiger partial charge in [-0.3, -0.25) is 4.79 Å². The molecule has 0 saturated heterocycles. The Balaban J connectivity index is 1.47. The number of aromatic nitrogens is 6. The van der Waals surface area contributed by atoms with Crippen molar-refractivity contribution in [2.24, 2.45) is 0 Å². The highest BCUT2D eigenvalue weighted by Crippen LogP contribution is 2.27. The molecular formula is C18H13F4N7O3S. The van der Waals surface area contributed by atoms with Crippen LogP contribution in [0.3, 0.4) is 0 Å². The van der Waals surface area contributed by atoms with Gasteiger partial charge in [0.2, 0.25) is 0 Å². The minimum Gasteiger partial charge on any atom is -0.344 e. The molecule has 0 radical (unpaired) electrons. The SMILES string of the molecule is Cc1nc(-n2cnn(Cc3ccc(F)cc3)c2=O)sc1C(=O)NCc1noc(C(F)(F)F)n1. The van der Waals surface area contributed by atoms with Gasteiger partial charge in [0, 0.05) is 0 Å². The number of amides is 1. The van der Waals surface area contributed by atoms with E-state index in [1.165, 1.54) is 30.6 Å². The number of aryl methyl sites for hydroxylation is 1. The van der Waals surface area contributed by atoms with Crippen molar-refractivity contribution < 1.29 is 26.9 Å². The second-order valence-electron chi connectivity index (χ2n) is 6.67. The van der Waals surface area contributed by atoms with E-state index in [9.17, 15) is 27.2 Å². The fourth-order valence-electron chi connectivity index (χ4n) is 2.72. The molecule has 3 aromatic heterocycles. The Bertz CT molecular complexity index is 1350. The summed E-state index contributed by atoms with van der Waals surface area (Å²) in [4.78, 5) is 32.6. The second-order valence-corrected chi connectivity index (χ2v) is 7.65. The molecule has 33 heavy (non-hydrogen) atoms. The summed E-state index contributed by atoms with van der Waals surface area (Å²) in [5.41, 5.74) is 0.440. The van der Waals surface area contributed by atoms with Crippen molar-refractivity contribution in [1.82, 2.24) is 34.8 Å². The average molecular weight is 483 g/mol. The van der Waals surface area contributed by atoms with Gasteiger partial charge in [0.1, 0.15) is 17.0 Å². The Morgan fingerprint density at radius 1 is 1.21 bits per heavy atom. The number of hydrogen-bond donors (Lipinski definition) is 1. The van der Waals surface area contributed by atoms with Gasteiger partial charge in [-0.25, -0.2) is 23.4 Å². The summed E-state index contributed by atoms with van der Waals surface area (Å²) < 4.78 is 57.0. The molecule has 3 heterocycles. The summed E-state index contributed by atoms with van der Waals surface area (Å²) in [7, 11) is 0. The molecule has 1 N–H and O–H groups in total. The molecule has 0 spiro atoms. The lowest BCUT2D eigenvalue weighted by Gasteiger charge is -2.00. The minimum atomic E-state index is -4.78. The monoisotopic (exact) mass is 483 g/mol. The Hall–Kier alpha value is -3.88. The zero-order chi connectivity index (χ0) is 23.8. The lowest BCUT2D eigenvalue weighted by molar-refractivity contribution is -0.159. The lowest BCUT2D eigenvalue weighted by Crippen LogP contribution is -2.24. The largest absolute Gasteiger partial charge is 0.471 e. The highest BCUT2D eigenvalue weighted by molar-refractivity contribution is 7.16. The van der Waals surface area contributed by atoms with Gasteiger partial charge in [0.15, 0.2) is 11.0 Å². The van der Waals surface area contributed by atoms with Crippen molar-refractivity contribution in [2.45, 2.75) is 26.2 Å². The maximum Gasteiger partial charge on any atom is 0.471 e. The molecular weight excluding hydrogens is 470 g/mol. The van der Waals surface area contributed by atoms with E-state index in [4.69, 9.17) is 0 Å².